The van der Waals surface area contributed by atoms with Gasteiger partial charge < -0.3 is 14.4 Å². The van der Waals surface area contributed by atoms with Crippen molar-refractivity contribution in [3.05, 3.63) is 53.4 Å². The number of fused-ring (bicyclic) bond motifs is 2. The maximum absolute atomic E-state index is 14.2. The Morgan fingerprint density at radius 3 is 2.66 bits per heavy atom. The number of halogens is 2. The van der Waals surface area contributed by atoms with Crippen LogP contribution in [0.25, 0.3) is 27.8 Å². The smallest absolute Gasteiger partial charge is 0.335 e. The van der Waals surface area contributed by atoms with Crippen molar-refractivity contribution >= 4 is 28.0 Å². The van der Waals surface area contributed by atoms with Crippen molar-refractivity contribution in [3.63, 3.8) is 0 Å². The Morgan fingerprint density at radius 1 is 1.28 bits per heavy atom. The molecule has 0 atom stereocenters. The first-order valence-corrected chi connectivity index (χ1v) is 10.4. The summed E-state index contributed by atoms with van der Waals surface area (Å²) in [5, 5.41) is 17.4. The molecule has 1 aliphatic carbocycles. The van der Waals surface area contributed by atoms with E-state index < -0.39 is 23.2 Å². The van der Waals surface area contributed by atoms with Gasteiger partial charge in [0.1, 0.15) is 0 Å². The van der Waals surface area contributed by atoms with Crippen molar-refractivity contribution in [2.45, 2.75) is 44.1 Å². The molecule has 2 N–H and O–H groups in total. The molecule has 9 heteroatoms. The Bertz CT molecular complexity index is 1370. The Labute approximate surface area is 182 Å². The fourth-order valence-electron chi connectivity index (χ4n) is 4.85. The Morgan fingerprint density at radius 2 is 2.03 bits per heavy atom. The summed E-state index contributed by atoms with van der Waals surface area (Å²) in [6, 6.07) is 5.72. The highest BCUT2D eigenvalue weighted by Gasteiger charge is 2.53. The van der Waals surface area contributed by atoms with Crippen molar-refractivity contribution in [2.24, 2.45) is 0 Å². The molecule has 1 aromatic carbocycles. The van der Waals surface area contributed by atoms with Crippen molar-refractivity contribution < 1.29 is 23.4 Å². The molecule has 0 saturated heterocycles. The van der Waals surface area contributed by atoms with E-state index in [9.17, 15) is 18.7 Å². The van der Waals surface area contributed by atoms with Crippen LogP contribution < -0.4 is 0 Å². The molecule has 7 nitrogen and oxygen atoms in total. The number of aliphatic carboxylic acids is 1. The van der Waals surface area contributed by atoms with Crippen molar-refractivity contribution in [3.8, 4) is 5.69 Å². The minimum absolute atomic E-state index is 0.00570. The molecule has 1 fully saturated rings. The zero-order chi connectivity index (χ0) is 22.8. The van der Waals surface area contributed by atoms with E-state index in [1.54, 1.807) is 6.20 Å². The molecule has 0 spiro atoms. The second kappa shape index (κ2) is 7.09. The predicted octanol–water partition coefficient (Wildman–Crippen LogP) is 4.65. The summed E-state index contributed by atoms with van der Waals surface area (Å²) >= 11 is 0. The summed E-state index contributed by atoms with van der Waals surface area (Å²) in [6.45, 7) is 4.03. The van der Waals surface area contributed by atoms with E-state index in [0.29, 0.717) is 29.7 Å². The molecule has 1 saturated carbocycles. The van der Waals surface area contributed by atoms with Crippen LogP contribution in [0.4, 0.5) is 8.78 Å². The summed E-state index contributed by atoms with van der Waals surface area (Å²) in [7, 11) is 1.41. The average molecular weight is 440 g/mol. The molecule has 166 valence electrons. The van der Waals surface area contributed by atoms with E-state index >= 15 is 0 Å². The third kappa shape index (κ3) is 2.84. The van der Waals surface area contributed by atoms with Crippen molar-refractivity contribution in [2.75, 3.05) is 7.11 Å². The van der Waals surface area contributed by atoms with E-state index in [4.69, 9.17) is 9.72 Å². The zero-order valence-electron chi connectivity index (χ0n) is 17.8. The number of hydrogen-bond donors (Lipinski definition) is 2. The highest BCUT2D eigenvalue weighted by Crippen LogP contribution is 2.51. The molecule has 0 bridgehead atoms. The number of ether oxygens (including phenoxy) is 1. The van der Waals surface area contributed by atoms with Crippen molar-refractivity contribution in [1.82, 2.24) is 19.7 Å². The predicted molar refractivity (Wildman–Crippen MR) is 114 cm³/mol. The number of rotatable bonds is 5. The maximum atomic E-state index is 14.2. The fraction of sp³-hybridized carbons (Fsp3) is 0.348. The summed E-state index contributed by atoms with van der Waals surface area (Å²) in [5.74, 6) is -2.95. The first-order chi connectivity index (χ1) is 15.3. The molecule has 5 rings (SSSR count). The summed E-state index contributed by atoms with van der Waals surface area (Å²) < 4.78 is 35.1. The molecule has 0 amide bonds. The number of carbonyl (C=O) groups is 1. The molecule has 3 aromatic heterocycles. The highest BCUT2D eigenvalue weighted by molar-refractivity contribution is 5.94. The summed E-state index contributed by atoms with van der Waals surface area (Å²) in [4.78, 5) is 16.6. The van der Waals surface area contributed by atoms with Gasteiger partial charge in [-0.25, -0.2) is 18.6 Å². The van der Waals surface area contributed by atoms with Gasteiger partial charge in [-0.3, -0.25) is 5.10 Å². The number of nitrogens with one attached hydrogen (secondary N) is 1. The number of H-pyrrole nitrogens is 1. The number of methoxy groups -OCH3 is 1. The molecule has 4 aromatic rings. The Hall–Kier alpha value is -3.33. The van der Waals surface area contributed by atoms with Crippen LogP contribution in [0.3, 0.4) is 0 Å². The van der Waals surface area contributed by atoms with Crippen molar-refractivity contribution in [1.29, 1.82) is 0 Å². The first-order valence-electron chi connectivity index (χ1n) is 10.4. The van der Waals surface area contributed by atoms with Gasteiger partial charge in [0.05, 0.1) is 17.2 Å². The first kappa shape index (κ1) is 20.6. The van der Waals surface area contributed by atoms with Gasteiger partial charge in [0.15, 0.2) is 22.9 Å². The second-order valence-corrected chi connectivity index (χ2v) is 8.66. The third-order valence-corrected chi connectivity index (χ3v) is 6.47. The number of hydrogen-bond acceptors (Lipinski definition) is 4. The van der Waals surface area contributed by atoms with E-state index in [1.807, 2.05) is 24.5 Å². The molecule has 1 aliphatic rings. The molecular weight excluding hydrogens is 418 g/mol. The Balaban J connectivity index is 1.80. The van der Waals surface area contributed by atoms with Gasteiger partial charge in [0, 0.05) is 35.5 Å². The Kier molecular flexibility index (Phi) is 4.56. The highest BCUT2D eigenvalue weighted by atomic mass is 19.2. The lowest BCUT2D eigenvalue weighted by atomic mass is 9.67. The van der Waals surface area contributed by atoms with Gasteiger partial charge in [0.25, 0.3) is 0 Å². The average Bonchev–Trinajstić information content (AvgIpc) is 3.30. The second-order valence-electron chi connectivity index (χ2n) is 8.66. The minimum atomic E-state index is -1.23. The normalized spacial score (nSPS) is 20.9. The van der Waals surface area contributed by atoms with Crippen LogP contribution in [-0.2, 0) is 9.53 Å². The van der Waals surface area contributed by atoms with Crippen LogP contribution in [0.2, 0.25) is 0 Å². The van der Waals surface area contributed by atoms with E-state index in [0.717, 1.165) is 28.2 Å². The largest absolute Gasteiger partial charge is 0.479 e. The number of nitrogens with zero attached hydrogens (tertiary/aromatic N) is 3. The lowest BCUT2D eigenvalue weighted by molar-refractivity contribution is -0.175. The third-order valence-electron chi connectivity index (χ3n) is 6.47. The number of pyridine rings is 1. The van der Waals surface area contributed by atoms with Crippen LogP contribution in [0, 0.1) is 11.6 Å². The van der Waals surface area contributed by atoms with E-state index in [-0.39, 0.29) is 11.8 Å². The van der Waals surface area contributed by atoms with Crippen LogP contribution in [-0.4, -0.2) is 43.5 Å². The number of carboxylic acids is 1. The van der Waals surface area contributed by atoms with Gasteiger partial charge >= 0.3 is 5.97 Å². The van der Waals surface area contributed by atoms with Crippen LogP contribution >= 0.6 is 0 Å². The summed E-state index contributed by atoms with van der Waals surface area (Å²) in [5.41, 5.74) is 3.07. The van der Waals surface area contributed by atoms with Gasteiger partial charge in [-0.2, -0.15) is 5.10 Å². The number of benzene rings is 1. The number of aromatic amines is 1. The number of carboxylic acid groups (broad SMARTS) is 1. The minimum Gasteiger partial charge on any atom is -0.479 e. The summed E-state index contributed by atoms with van der Waals surface area (Å²) in [6.07, 6.45) is 2.26. The lowest BCUT2D eigenvalue weighted by Crippen LogP contribution is -2.51. The topological polar surface area (TPSA) is 93.0 Å². The molecule has 0 aliphatic heterocycles. The quantitative estimate of drug-likeness (QED) is 0.471. The van der Waals surface area contributed by atoms with E-state index in [1.165, 1.54) is 19.2 Å². The van der Waals surface area contributed by atoms with Crippen LogP contribution in [0.15, 0.2) is 30.5 Å². The monoisotopic (exact) mass is 440 g/mol. The molecule has 32 heavy (non-hydrogen) atoms. The fourth-order valence-corrected chi connectivity index (χ4v) is 4.85. The standard InChI is InChI=1S/C23H22F2N4O3/c1-11(2)20-18(13-8-23(9-13,32-3)22(30)31)19-17(6-12-10-26-28-21(12)27-19)29(20)14-4-5-15(24)16(25)7-14/h4-7,10-11,13H,8-9H2,1-3H3,(H,30,31)(H,26,27,28). The van der Waals surface area contributed by atoms with Crippen LogP contribution in [0.5, 0.6) is 0 Å². The van der Waals surface area contributed by atoms with Gasteiger partial charge in [-0.1, -0.05) is 13.8 Å². The molecule has 0 radical (unpaired) electrons. The van der Waals surface area contributed by atoms with Gasteiger partial charge in [-0.15, -0.1) is 0 Å². The lowest BCUT2D eigenvalue weighted by Gasteiger charge is -2.43. The SMILES string of the molecule is COC1(C(=O)O)CC(c2c(C(C)C)n(-c3ccc(F)c(F)c3)c3cc4cn[nH]c4nc23)C1. The van der Waals surface area contributed by atoms with E-state index in [2.05, 4.69) is 10.2 Å². The maximum Gasteiger partial charge on any atom is 0.335 e. The molecular formula is C23H22F2N4O3. The molecule has 0 unspecified atom stereocenters. The molecule has 3 heterocycles. The zero-order valence-corrected chi connectivity index (χ0v) is 17.8. The number of aromatic nitrogens is 4. The van der Waals surface area contributed by atoms with Gasteiger partial charge in [0.2, 0.25) is 0 Å². The van der Waals surface area contributed by atoms with Crippen LogP contribution in [0.1, 0.15) is 49.8 Å². The van der Waals surface area contributed by atoms with Gasteiger partial charge in [-0.05, 0) is 42.9 Å².